The highest BCUT2D eigenvalue weighted by atomic mass is 35.5. The maximum absolute atomic E-state index is 6.06. The highest BCUT2D eigenvalue weighted by Crippen LogP contribution is 2.38. The molecule has 0 radical (unpaired) electrons. The Kier molecular flexibility index (Phi) is 4.34. The minimum absolute atomic E-state index is 0.430. The average Bonchev–Trinajstić information content (AvgIpc) is 2.38. The van der Waals surface area contributed by atoms with Crippen molar-refractivity contribution < 1.29 is 4.74 Å². The van der Waals surface area contributed by atoms with Crippen LogP contribution in [-0.4, -0.2) is 25.8 Å². The number of nitrogens with one attached hydrogen (secondary N) is 1. The van der Waals surface area contributed by atoms with E-state index in [9.17, 15) is 0 Å². The highest BCUT2D eigenvalue weighted by Gasteiger charge is 2.33. The molecule has 3 heteroatoms. The first-order valence-electron chi connectivity index (χ1n) is 7.71. The third-order valence-electron chi connectivity index (χ3n) is 4.98. The first-order chi connectivity index (χ1) is 9.65. The summed E-state index contributed by atoms with van der Waals surface area (Å²) in [5.74, 6) is 0.689. The van der Waals surface area contributed by atoms with Crippen molar-refractivity contribution >= 4 is 11.6 Å². The van der Waals surface area contributed by atoms with E-state index in [1.807, 2.05) is 6.07 Å². The van der Waals surface area contributed by atoms with Gasteiger partial charge < -0.3 is 10.1 Å². The zero-order chi connectivity index (χ0) is 14.0. The van der Waals surface area contributed by atoms with Crippen molar-refractivity contribution in [2.45, 2.75) is 44.6 Å². The summed E-state index contributed by atoms with van der Waals surface area (Å²) in [6.07, 6.45) is 4.86. The summed E-state index contributed by atoms with van der Waals surface area (Å²) in [6, 6.07) is 9.00. The fourth-order valence-corrected chi connectivity index (χ4v) is 3.45. The van der Waals surface area contributed by atoms with E-state index in [-0.39, 0.29) is 0 Å². The Morgan fingerprint density at radius 3 is 2.75 bits per heavy atom. The van der Waals surface area contributed by atoms with E-state index in [4.69, 9.17) is 16.3 Å². The SMILES string of the molecule is CC1(CNC2CC(c3cccc(Cl)c3)C2)CCOCC1. The van der Waals surface area contributed by atoms with E-state index in [0.717, 1.165) is 24.8 Å². The summed E-state index contributed by atoms with van der Waals surface area (Å²) in [6.45, 7) is 5.36. The van der Waals surface area contributed by atoms with Crippen LogP contribution in [0.25, 0.3) is 0 Å². The molecular weight excluding hydrogens is 270 g/mol. The van der Waals surface area contributed by atoms with Crippen LogP contribution in [0.2, 0.25) is 5.02 Å². The highest BCUT2D eigenvalue weighted by molar-refractivity contribution is 6.30. The maximum Gasteiger partial charge on any atom is 0.0471 e. The number of ether oxygens (including phenoxy) is 1. The molecule has 1 aromatic rings. The van der Waals surface area contributed by atoms with E-state index in [2.05, 4.69) is 30.4 Å². The third-order valence-corrected chi connectivity index (χ3v) is 5.21. The predicted molar refractivity (Wildman–Crippen MR) is 83.4 cm³/mol. The van der Waals surface area contributed by atoms with Crippen molar-refractivity contribution in [3.63, 3.8) is 0 Å². The normalized spacial score (nSPS) is 28.9. The second kappa shape index (κ2) is 6.05. The van der Waals surface area contributed by atoms with Crippen molar-refractivity contribution in [2.24, 2.45) is 5.41 Å². The van der Waals surface area contributed by atoms with Gasteiger partial charge >= 0.3 is 0 Å². The van der Waals surface area contributed by atoms with Gasteiger partial charge in [-0.3, -0.25) is 0 Å². The molecule has 0 unspecified atom stereocenters. The fourth-order valence-electron chi connectivity index (χ4n) is 3.25. The second-order valence-corrected chi connectivity index (χ2v) is 7.16. The first kappa shape index (κ1) is 14.4. The first-order valence-corrected chi connectivity index (χ1v) is 8.09. The number of halogens is 1. The molecule has 2 fully saturated rings. The zero-order valence-corrected chi connectivity index (χ0v) is 13.0. The number of hydrogen-bond acceptors (Lipinski definition) is 2. The van der Waals surface area contributed by atoms with E-state index in [1.165, 1.54) is 31.2 Å². The molecular formula is C17H24ClNO. The van der Waals surface area contributed by atoms with Gasteiger partial charge in [0.2, 0.25) is 0 Å². The summed E-state index contributed by atoms with van der Waals surface area (Å²) in [5.41, 5.74) is 1.83. The van der Waals surface area contributed by atoms with Gasteiger partial charge in [0.1, 0.15) is 0 Å². The van der Waals surface area contributed by atoms with Crippen molar-refractivity contribution in [1.29, 1.82) is 0 Å². The predicted octanol–water partition coefficient (Wildman–Crippen LogP) is 3.99. The zero-order valence-electron chi connectivity index (χ0n) is 12.2. The summed E-state index contributed by atoms with van der Waals surface area (Å²) in [5, 5.41) is 4.61. The Morgan fingerprint density at radius 1 is 1.30 bits per heavy atom. The second-order valence-electron chi connectivity index (χ2n) is 6.72. The topological polar surface area (TPSA) is 21.3 Å². The molecule has 1 saturated heterocycles. The Bertz CT molecular complexity index is 450. The van der Waals surface area contributed by atoms with Crippen molar-refractivity contribution in [1.82, 2.24) is 5.32 Å². The third kappa shape index (κ3) is 3.36. The van der Waals surface area contributed by atoms with Crippen molar-refractivity contribution in [3.05, 3.63) is 34.9 Å². The average molecular weight is 294 g/mol. The molecule has 1 aliphatic heterocycles. The van der Waals surface area contributed by atoms with E-state index in [0.29, 0.717) is 17.4 Å². The van der Waals surface area contributed by atoms with Crippen LogP contribution in [-0.2, 0) is 4.74 Å². The quantitative estimate of drug-likeness (QED) is 0.906. The molecule has 3 rings (SSSR count). The largest absolute Gasteiger partial charge is 0.381 e. The van der Waals surface area contributed by atoms with Crippen LogP contribution >= 0.6 is 11.6 Å². The van der Waals surface area contributed by atoms with Crippen molar-refractivity contribution in [2.75, 3.05) is 19.8 Å². The molecule has 2 aliphatic rings. The molecule has 0 bridgehead atoms. The van der Waals surface area contributed by atoms with Gasteiger partial charge in [-0.05, 0) is 54.7 Å². The molecule has 1 N–H and O–H groups in total. The van der Waals surface area contributed by atoms with Gasteiger partial charge in [0, 0.05) is 30.8 Å². The number of hydrogen-bond donors (Lipinski definition) is 1. The lowest BCUT2D eigenvalue weighted by Crippen LogP contribution is -2.46. The molecule has 0 aromatic heterocycles. The van der Waals surface area contributed by atoms with E-state index < -0.39 is 0 Å². The lowest BCUT2D eigenvalue weighted by molar-refractivity contribution is 0.0211. The molecule has 0 atom stereocenters. The molecule has 1 aromatic carbocycles. The van der Waals surface area contributed by atoms with Crippen LogP contribution < -0.4 is 5.32 Å². The molecule has 110 valence electrons. The molecule has 2 nitrogen and oxygen atoms in total. The number of rotatable bonds is 4. The van der Waals surface area contributed by atoms with Gasteiger partial charge in [-0.1, -0.05) is 30.7 Å². The fraction of sp³-hybridized carbons (Fsp3) is 0.647. The van der Waals surface area contributed by atoms with Crippen LogP contribution in [0.4, 0.5) is 0 Å². The maximum atomic E-state index is 6.06. The van der Waals surface area contributed by atoms with Crippen LogP contribution in [0.5, 0.6) is 0 Å². The van der Waals surface area contributed by atoms with Crippen molar-refractivity contribution in [3.8, 4) is 0 Å². The molecule has 0 amide bonds. The molecule has 0 spiro atoms. The van der Waals surface area contributed by atoms with E-state index in [1.54, 1.807) is 0 Å². The van der Waals surface area contributed by atoms with Crippen LogP contribution in [0.3, 0.4) is 0 Å². The van der Waals surface area contributed by atoms with Crippen LogP contribution in [0.1, 0.15) is 44.1 Å². The van der Waals surface area contributed by atoms with Gasteiger partial charge in [-0.2, -0.15) is 0 Å². The van der Waals surface area contributed by atoms with Gasteiger partial charge in [0.25, 0.3) is 0 Å². The van der Waals surface area contributed by atoms with Gasteiger partial charge in [-0.15, -0.1) is 0 Å². The summed E-state index contributed by atoms with van der Waals surface area (Å²) < 4.78 is 5.46. The Hall–Kier alpha value is -0.570. The minimum atomic E-state index is 0.430. The molecule has 1 aliphatic carbocycles. The molecule has 20 heavy (non-hydrogen) atoms. The Balaban J connectivity index is 1.44. The lowest BCUT2D eigenvalue weighted by atomic mass is 9.75. The van der Waals surface area contributed by atoms with Crippen LogP contribution in [0, 0.1) is 5.41 Å². The van der Waals surface area contributed by atoms with Gasteiger partial charge in [-0.25, -0.2) is 0 Å². The minimum Gasteiger partial charge on any atom is -0.381 e. The standard InChI is InChI=1S/C17H24ClNO/c1-17(5-7-20-8-6-17)12-19-16-10-14(11-16)13-3-2-4-15(18)9-13/h2-4,9,14,16,19H,5-8,10-12H2,1H3. The lowest BCUT2D eigenvalue weighted by Gasteiger charge is -2.40. The molecule has 1 saturated carbocycles. The number of benzene rings is 1. The summed E-state index contributed by atoms with van der Waals surface area (Å²) >= 11 is 6.06. The van der Waals surface area contributed by atoms with Gasteiger partial charge in [0.15, 0.2) is 0 Å². The van der Waals surface area contributed by atoms with Crippen LogP contribution in [0.15, 0.2) is 24.3 Å². The summed E-state index contributed by atoms with van der Waals surface area (Å²) in [7, 11) is 0. The Labute approximate surface area is 126 Å². The van der Waals surface area contributed by atoms with Gasteiger partial charge in [0.05, 0.1) is 0 Å². The smallest absolute Gasteiger partial charge is 0.0471 e. The van der Waals surface area contributed by atoms with E-state index >= 15 is 0 Å². The Morgan fingerprint density at radius 2 is 2.05 bits per heavy atom. The monoisotopic (exact) mass is 293 g/mol. The molecule has 1 heterocycles. The summed E-state index contributed by atoms with van der Waals surface area (Å²) in [4.78, 5) is 0.